The lowest BCUT2D eigenvalue weighted by molar-refractivity contribution is -0.125. The van der Waals surface area contributed by atoms with E-state index in [9.17, 15) is 4.79 Å². The van der Waals surface area contributed by atoms with Crippen molar-refractivity contribution in [2.45, 2.75) is 20.3 Å². The van der Waals surface area contributed by atoms with Gasteiger partial charge in [0.1, 0.15) is 0 Å². The highest BCUT2D eigenvalue weighted by atomic mass is 16.2. The van der Waals surface area contributed by atoms with Gasteiger partial charge in [0.15, 0.2) is 0 Å². The van der Waals surface area contributed by atoms with E-state index < -0.39 is 0 Å². The van der Waals surface area contributed by atoms with E-state index in [1.54, 1.807) is 11.9 Å². The van der Waals surface area contributed by atoms with Crippen LogP contribution in [0.15, 0.2) is 12.3 Å². The Morgan fingerprint density at radius 1 is 1.60 bits per heavy atom. The third-order valence-corrected chi connectivity index (χ3v) is 2.15. The number of rotatable bonds is 0. The molecule has 1 aliphatic heterocycles. The summed E-state index contributed by atoms with van der Waals surface area (Å²) >= 11 is 0. The van der Waals surface area contributed by atoms with E-state index in [0.29, 0.717) is 6.42 Å². The Balaban J connectivity index is 2.92. The van der Waals surface area contributed by atoms with Crippen molar-refractivity contribution in [2.24, 2.45) is 5.41 Å². The largest absolute Gasteiger partial charge is 0.319 e. The van der Waals surface area contributed by atoms with Crippen molar-refractivity contribution in [1.82, 2.24) is 4.90 Å². The van der Waals surface area contributed by atoms with Crippen LogP contribution in [0.5, 0.6) is 0 Å². The Hall–Kier alpha value is -0.790. The molecular weight excluding hydrogens is 126 g/mol. The fourth-order valence-electron chi connectivity index (χ4n) is 1.20. The normalized spacial score (nSPS) is 24.1. The van der Waals surface area contributed by atoms with Crippen LogP contribution >= 0.6 is 0 Å². The molecule has 0 aromatic heterocycles. The molecule has 10 heavy (non-hydrogen) atoms. The third-order valence-electron chi connectivity index (χ3n) is 2.15. The Bertz CT molecular complexity index is 193. The molecule has 2 nitrogen and oxygen atoms in total. The number of hydrogen-bond acceptors (Lipinski definition) is 1. The number of nitrogens with zero attached hydrogens (tertiary/aromatic N) is 1. The van der Waals surface area contributed by atoms with E-state index in [2.05, 4.69) is 6.58 Å². The molecule has 0 N–H and O–H groups in total. The van der Waals surface area contributed by atoms with Crippen LogP contribution in [0, 0.1) is 5.41 Å². The second kappa shape index (κ2) is 1.84. The maximum absolute atomic E-state index is 11.1. The quantitative estimate of drug-likeness (QED) is 0.496. The second-order valence-corrected chi connectivity index (χ2v) is 3.46. The van der Waals surface area contributed by atoms with E-state index >= 15 is 0 Å². The molecule has 1 aliphatic rings. The number of allylic oxidation sites excluding steroid dienone is 1. The number of carbonyl (C=O) groups is 1. The van der Waals surface area contributed by atoms with Crippen LogP contribution in [-0.2, 0) is 4.79 Å². The molecule has 2 heteroatoms. The van der Waals surface area contributed by atoms with Gasteiger partial charge in [-0.2, -0.15) is 0 Å². The van der Waals surface area contributed by atoms with Gasteiger partial charge in [0.25, 0.3) is 0 Å². The third kappa shape index (κ3) is 0.838. The molecule has 1 saturated heterocycles. The van der Waals surface area contributed by atoms with Gasteiger partial charge in [0, 0.05) is 24.6 Å². The molecule has 1 rings (SSSR count). The molecular formula is C8H13NO. The fraction of sp³-hybridized carbons (Fsp3) is 0.625. The Morgan fingerprint density at radius 2 is 2.10 bits per heavy atom. The molecule has 0 unspecified atom stereocenters. The van der Waals surface area contributed by atoms with Crippen molar-refractivity contribution in [3.8, 4) is 0 Å². The minimum absolute atomic E-state index is 0.0220. The highest BCUT2D eigenvalue weighted by molar-refractivity contribution is 5.82. The molecule has 0 spiro atoms. The zero-order valence-corrected chi connectivity index (χ0v) is 6.77. The van der Waals surface area contributed by atoms with E-state index in [0.717, 1.165) is 5.70 Å². The van der Waals surface area contributed by atoms with Crippen molar-refractivity contribution < 1.29 is 4.79 Å². The second-order valence-electron chi connectivity index (χ2n) is 3.46. The van der Waals surface area contributed by atoms with Crippen molar-refractivity contribution in [2.75, 3.05) is 7.05 Å². The van der Waals surface area contributed by atoms with Crippen molar-refractivity contribution in [3.05, 3.63) is 12.3 Å². The first-order chi connectivity index (χ1) is 4.45. The molecule has 0 atom stereocenters. The molecule has 0 radical (unpaired) electrons. The summed E-state index contributed by atoms with van der Waals surface area (Å²) in [5.74, 6) is 0.176. The minimum Gasteiger partial charge on any atom is -0.319 e. The molecule has 0 aromatic rings. The predicted octanol–water partition coefficient (Wildman–Crippen LogP) is 1.39. The Labute approximate surface area is 61.5 Å². The number of carbonyl (C=O) groups excluding carboxylic acids is 1. The van der Waals surface area contributed by atoms with E-state index in [1.165, 1.54) is 0 Å². The minimum atomic E-state index is -0.0220. The van der Waals surface area contributed by atoms with Gasteiger partial charge in [-0.1, -0.05) is 20.4 Å². The van der Waals surface area contributed by atoms with Gasteiger partial charge in [0.2, 0.25) is 5.91 Å². The molecule has 1 heterocycles. The zero-order valence-electron chi connectivity index (χ0n) is 6.77. The van der Waals surface area contributed by atoms with Crippen LogP contribution in [-0.4, -0.2) is 17.9 Å². The highest BCUT2D eigenvalue weighted by Gasteiger charge is 2.37. The first kappa shape index (κ1) is 7.32. The lowest BCUT2D eigenvalue weighted by Crippen LogP contribution is -2.17. The summed E-state index contributed by atoms with van der Waals surface area (Å²) in [4.78, 5) is 12.7. The molecule has 0 aromatic carbocycles. The van der Waals surface area contributed by atoms with Crippen LogP contribution in [0.1, 0.15) is 20.3 Å². The first-order valence-electron chi connectivity index (χ1n) is 3.41. The van der Waals surface area contributed by atoms with E-state index in [1.807, 2.05) is 13.8 Å². The summed E-state index contributed by atoms with van der Waals surface area (Å²) in [6.07, 6.45) is 0.600. The average Bonchev–Trinajstić information content (AvgIpc) is 1.95. The molecule has 0 bridgehead atoms. The summed E-state index contributed by atoms with van der Waals surface area (Å²) in [5.41, 5.74) is 0.906. The van der Waals surface area contributed by atoms with Gasteiger partial charge < -0.3 is 4.90 Å². The van der Waals surface area contributed by atoms with E-state index in [-0.39, 0.29) is 11.3 Å². The zero-order chi connectivity index (χ0) is 7.94. The van der Waals surface area contributed by atoms with Gasteiger partial charge in [-0.05, 0) is 0 Å². The number of hydrogen-bond donors (Lipinski definition) is 0. The number of likely N-dealkylation sites (tertiary alicyclic amines) is 1. The maximum Gasteiger partial charge on any atom is 0.227 e. The van der Waals surface area contributed by atoms with Gasteiger partial charge in [-0.25, -0.2) is 0 Å². The fourth-order valence-corrected chi connectivity index (χ4v) is 1.20. The van der Waals surface area contributed by atoms with Gasteiger partial charge in [-0.15, -0.1) is 0 Å². The van der Waals surface area contributed by atoms with Crippen LogP contribution in [0.3, 0.4) is 0 Å². The highest BCUT2D eigenvalue weighted by Crippen LogP contribution is 2.37. The Kier molecular flexibility index (Phi) is 1.35. The SMILES string of the molecule is C=C1N(C)C(=O)CC1(C)C. The van der Waals surface area contributed by atoms with Crippen molar-refractivity contribution >= 4 is 5.91 Å². The molecule has 1 amide bonds. The summed E-state index contributed by atoms with van der Waals surface area (Å²) in [6.45, 7) is 7.92. The number of amides is 1. The van der Waals surface area contributed by atoms with Gasteiger partial charge in [-0.3, -0.25) is 4.79 Å². The molecule has 1 fully saturated rings. The summed E-state index contributed by atoms with van der Waals surface area (Å²) in [5, 5.41) is 0. The molecule has 56 valence electrons. The van der Waals surface area contributed by atoms with E-state index in [4.69, 9.17) is 0 Å². The van der Waals surface area contributed by atoms with Gasteiger partial charge in [0.05, 0.1) is 0 Å². The maximum atomic E-state index is 11.1. The molecule has 0 saturated carbocycles. The van der Waals surface area contributed by atoms with Crippen molar-refractivity contribution in [1.29, 1.82) is 0 Å². The summed E-state index contributed by atoms with van der Waals surface area (Å²) in [6, 6.07) is 0. The topological polar surface area (TPSA) is 20.3 Å². The van der Waals surface area contributed by atoms with Crippen LogP contribution < -0.4 is 0 Å². The van der Waals surface area contributed by atoms with Crippen LogP contribution in [0.4, 0.5) is 0 Å². The standard InChI is InChI=1S/C8H13NO/c1-6-8(2,3)5-7(10)9(6)4/h1,5H2,2-4H3. The molecule has 0 aliphatic carbocycles. The smallest absolute Gasteiger partial charge is 0.227 e. The summed E-state index contributed by atoms with van der Waals surface area (Å²) < 4.78 is 0. The van der Waals surface area contributed by atoms with Crippen LogP contribution in [0.2, 0.25) is 0 Å². The van der Waals surface area contributed by atoms with Crippen LogP contribution in [0.25, 0.3) is 0 Å². The lowest BCUT2D eigenvalue weighted by atomic mass is 9.90. The first-order valence-corrected chi connectivity index (χ1v) is 3.41. The predicted molar refractivity (Wildman–Crippen MR) is 40.3 cm³/mol. The summed E-state index contributed by atoms with van der Waals surface area (Å²) in [7, 11) is 1.78. The Morgan fingerprint density at radius 3 is 2.20 bits per heavy atom. The van der Waals surface area contributed by atoms with Crippen molar-refractivity contribution in [3.63, 3.8) is 0 Å². The average molecular weight is 139 g/mol. The monoisotopic (exact) mass is 139 g/mol. The lowest BCUT2D eigenvalue weighted by Gasteiger charge is -2.19. The van der Waals surface area contributed by atoms with Gasteiger partial charge >= 0.3 is 0 Å².